The topological polar surface area (TPSA) is 58.4 Å². The molecule has 1 fully saturated rings. The summed E-state index contributed by atoms with van der Waals surface area (Å²) in [6, 6.07) is -0.0995. The number of likely N-dealkylation sites (tertiary alicyclic amines) is 1. The maximum absolute atomic E-state index is 12.0. The SMILES string of the molecule is CCC1CCCN(C(C)(C)CNC(=O)C(C)C(C)N)C1.Cl.Cl. The summed E-state index contributed by atoms with van der Waals surface area (Å²) in [5, 5.41) is 3.07. The van der Waals surface area contributed by atoms with Gasteiger partial charge in [-0.05, 0) is 46.1 Å². The molecule has 1 heterocycles. The van der Waals surface area contributed by atoms with Crippen LogP contribution in [0.5, 0.6) is 0 Å². The Morgan fingerprint density at radius 3 is 2.45 bits per heavy atom. The summed E-state index contributed by atoms with van der Waals surface area (Å²) in [5.74, 6) is 0.745. The second-order valence-corrected chi connectivity index (χ2v) is 7.04. The Bertz CT molecular complexity index is 325. The van der Waals surface area contributed by atoms with Gasteiger partial charge in [0.1, 0.15) is 0 Å². The van der Waals surface area contributed by atoms with Gasteiger partial charge in [-0.3, -0.25) is 9.69 Å². The van der Waals surface area contributed by atoms with Crippen LogP contribution in [-0.2, 0) is 4.79 Å². The third-order valence-corrected chi connectivity index (χ3v) is 4.85. The maximum Gasteiger partial charge on any atom is 0.224 e. The Morgan fingerprint density at radius 2 is 1.95 bits per heavy atom. The fourth-order valence-electron chi connectivity index (χ4n) is 2.76. The Kier molecular flexibility index (Phi) is 11.8. The van der Waals surface area contributed by atoms with Crippen molar-refractivity contribution >= 4 is 30.7 Å². The van der Waals surface area contributed by atoms with Gasteiger partial charge < -0.3 is 11.1 Å². The van der Waals surface area contributed by atoms with E-state index in [0.29, 0.717) is 6.54 Å². The quantitative estimate of drug-likeness (QED) is 0.769. The third kappa shape index (κ3) is 7.03. The Labute approximate surface area is 148 Å². The highest BCUT2D eigenvalue weighted by Crippen LogP contribution is 2.25. The molecule has 1 aliphatic heterocycles. The molecule has 0 aliphatic carbocycles. The molecule has 3 atom stereocenters. The maximum atomic E-state index is 12.0. The molecule has 1 rings (SSSR count). The summed E-state index contributed by atoms with van der Waals surface area (Å²) < 4.78 is 0. The molecule has 3 N–H and O–H groups in total. The molecule has 0 bridgehead atoms. The number of nitrogens with two attached hydrogens (primary N) is 1. The molecule has 134 valence electrons. The van der Waals surface area contributed by atoms with Gasteiger partial charge in [-0.25, -0.2) is 0 Å². The fourth-order valence-corrected chi connectivity index (χ4v) is 2.76. The molecular formula is C16H35Cl2N3O. The molecule has 4 nitrogen and oxygen atoms in total. The number of halogens is 2. The number of rotatable bonds is 6. The minimum Gasteiger partial charge on any atom is -0.354 e. The number of carbonyl (C=O) groups is 1. The monoisotopic (exact) mass is 355 g/mol. The summed E-state index contributed by atoms with van der Waals surface area (Å²) in [6.07, 6.45) is 3.87. The van der Waals surface area contributed by atoms with Crippen molar-refractivity contribution in [2.45, 2.75) is 65.5 Å². The number of nitrogens with one attached hydrogen (secondary N) is 1. The molecule has 0 aromatic heterocycles. The van der Waals surface area contributed by atoms with E-state index in [1.165, 1.54) is 19.3 Å². The average Bonchev–Trinajstić information content (AvgIpc) is 2.43. The van der Waals surface area contributed by atoms with Crippen LogP contribution >= 0.6 is 24.8 Å². The molecule has 0 saturated carbocycles. The van der Waals surface area contributed by atoms with E-state index in [-0.39, 0.29) is 48.2 Å². The third-order valence-electron chi connectivity index (χ3n) is 4.85. The Morgan fingerprint density at radius 1 is 1.36 bits per heavy atom. The number of carbonyl (C=O) groups excluding carboxylic acids is 1. The van der Waals surface area contributed by atoms with Crippen molar-refractivity contribution in [2.75, 3.05) is 19.6 Å². The van der Waals surface area contributed by atoms with Crippen LogP contribution in [0.15, 0.2) is 0 Å². The van der Waals surface area contributed by atoms with Crippen LogP contribution in [0.1, 0.15) is 53.9 Å². The summed E-state index contributed by atoms with van der Waals surface area (Å²) >= 11 is 0. The van der Waals surface area contributed by atoms with E-state index in [9.17, 15) is 4.79 Å². The van der Waals surface area contributed by atoms with Crippen LogP contribution < -0.4 is 11.1 Å². The molecule has 0 radical (unpaired) electrons. The van der Waals surface area contributed by atoms with E-state index in [4.69, 9.17) is 5.73 Å². The first-order valence-corrected chi connectivity index (χ1v) is 8.06. The van der Waals surface area contributed by atoms with Crippen LogP contribution in [0.3, 0.4) is 0 Å². The van der Waals surface area contributed by atoms with E-state index in [2.05, 4.69) is 31.0 Å². The van der Waals surface area contributed by atoms with E-state index in [1.807, 2.05) is 13.8 Å². The van der Waals surface area contributed by atoms with Crippen LogP contribution in [0.2, 0.25) is 0 Å². The van der Waals surface area contributed by atoms with Gasteiger partial charge in [0.05, 0.1) is 0 Å². The number of nitrogens with zero attached hydrogens (tertiary/aromatic N) is 1. The van der Waals surface area contributed by atoms with Crippen LogP contribution in [0.25, 0.3) is 0 Å². The standard InChI is InChI=1S/C16H33N3O.2ClH/c1-6-14-8-7-9-19(10-14)16(4,5)11-18-15(20)12(2)13(3)17;;/h12-14H,6-11,17H2,1-5H3,(H,18,20);2*1H. The van der Waals surface area contributed by atoms with Crippen molar-refractivity contribution in [2.24, 2.45) is 17.6 Å². The van der Waals surface area contributed by atoms with Crippen molar-refractivity contribution in [3.63, 3.8) is 0 Å². The predicted octanol–water partition coefficient (Wildman–Crippen LogP) is 2.83. The molecule has 0 aromatic carbocycles. The van der Waals surface area contributed by atoms with Crippen molar-refractivity contribution in [1.29, 1.82) is 0 Å². The summed E-state index contributed by atoms with van der Waals surface area (Å²) in [6.45, 7) is 13.5. The van der Waals surface area contributed by atoms with Crippen LogP contribution in [0, 0.1) is 11.8 Å². The van der Waals surface area contributed by atoms with Gasteiger partial charge in [-0.2, -0.15) is 0 Å². The normalized spacial score (nSPS) is 22.0. The van der Waals surface area contributed by atoms with Crippen molar-refractivity contribution in [3.05, 3.63) is 0 Å². The van der Waals surface area contributed by atoms with E-state index in [1.54, 1.807) is 0 Å². The molecule has 1 amide bonds. The molecule has 3 unspecified atom stereocenters. The number of hydrogen-bond acceptors (Lipinski definition) is 3. The van der Waals surface area contributed by atoms with Gasteiger partial charge in [0.2, 0.25) is 5.91 Å². The Hall–Kier alpha value is -0.0300. The van der Waals surface area contributed by atoms with E-state index in [0.717, 1.165) is 19.0 Å². The van der Waals surface area contributed by atoms with E-state index >= 15 is 0 Å². The number of hydrogen-bond donors (Lipinski definition) is 2. The zero-order valence-electron chi connectivity index (χ0n) is 14.7. The van der Waals surface area contributed by atoms with Gasteiger partial charge in [0, 0.05) is 30.6 Å². The lowest BCUT2D eigenvalue weighted by atomic mass is 9.91. The summed E-state index contributed by atoms with van der Waals surface area (Å²) in [5.41, 5.74) is 5.80. The average molecular weight is 356 g/mol. The van der Waals surface area contributed by atoms with Gasteiger partial charge in [-0.15, -0.1) is 24.8 Å². The lowest BCUT2D eigenvalue weighted by molar-refractivity contribution is -0.125. The molecule has 0 aromatic rings. The molecule has 6 heteroatoms. The lowest BCUT2D eigenvalue weighted by Gasteiger charge is -2.43. The minimum atomic E-state index is -0.129. The first-order valence-electron chi connectivity index (χ1n) is 8.06. The highest BCUT2D eigenvalue weighted by atomic mass is 35.5. The van der Waals surface area contributed by atoms with E-state index < -0.39 is 0 Å². The second kappa shape index (κ2) is 10.7. The van der Waals surface area contributed by atoms with Crippen LogP contribution in [-0.4, -0.2) is 42.0 Å². The predicted molar refractivity (Wildman–Crippen MR) is 99.0 cm³/mol. The van der Waals surface area contributed by atoms with Crippen molar-refractivity contribution < 1.29 is 4.79 Å². The zero-order chi connectivity index (χ0) is 15.3. The summed E-state index contributed by atoms with van der Waals surface area (Å²) in [4.78, 5) is 14.6. The first-order chi connectivity index (χ1) is 9.27. The Balaban J connectivity index is 0. The van der Waals surface area contributed by atoms with Gasteiger partial charge in [0.25, 0.3) is 0 Å². The lowest BCUT2D eigenvalue weighted by Crippen LogP contribution is -2.55. The highest BCUT2D eigenvalue weighted by Gasteiger charge is 2.31. The first kappa shape index (κ1) is 24.2. The number of piperidine rings is 1. The molecule has 0 spiro atoms. The largest absolute Gasteiger partial charge is 0.354 e. The molecular weight excluding hydrogens is 321 g/mol. The second-order valence-electron chi connectivity index (χ2n) is 7.04. The van der Waals surface area contributed by atoms with Gasteiger partial charge in [-0.1, -0.05) is 20.3 Å². The highest BCUT2D eigenvalue weighted by molar-refractivity contribution is 5.85. The smallest absolute Gasteiger partial charge is 0.224 e. The number of amides is 1. The van der Waals surface area contributed by atoms with Crippen molar-refractivity contribution in [1.82, 2.24) is 10.2 Å². The fraction of sp³-hybridized carbons (Fsp3) is 0.938. The molecule has 1 saturated heterocycles. The molecule has 1 aliphatic rings. The zero-order valence-corrected chi connectivity index (χ0v) is 16.4. The van der Waals surface area contributed by atoms with Crippen LogP contribution in [0.4, 0.5) is 0 Å². The van der Waals surface area contributed by atoms with Gasteiger partial charge in [0.15, 0.2) is 0 Å². The molecule has 22 heavy (non-hydrogen) atoms. The minimum absolute atomic E-state index is 0. The van der Waals surface area contributed by atoms with Crippen molar-refractivity contribution in [3.8, 4) is 0 Å². The van der Waals surface area contributed by atoms with Gasteiger partial charge >= 0.3 is 0 Å². The summed E-state index contributed by atoms with van der Waals surface area (Å²) in [7, 11) is 0.